The molecule has 0 aliphatic carbocycles. The third-order valence-corrected chi connectivity index (χ3v) is 7.13. The summed E-state index contributed by atoms with van der Waals surface area (Å²) in [5, 5.41) is 3.07. The largest absolute Gasteiger partial charge is 0.486 e. The summed E-state index contributed by atoms with van der Waals surface area (Å²) >= 11 is 3.49. The molecule has 3 aromatic carbocycles. The molecule has 0 bridgehead atoms. The van der Waals surface area contributed by atoms with Crippen molar-refractivity contribution in [3.8, 4) is 11.5 Å². The second kappa shape index (κ2) is 14.0. The van der Waals surface area contributed by atoms with Gasteiger partial charge in [0.25, 0.3) is 0 Å². The van der Waals surface area contributed by atoms with Crippen LogP contribution in [0.4, 0.5) is 0 Å². The van der Waals surface area contributed by atoms with Gasteiger partial charge in [-0.1, -0.05) is 77.8 Å². The lowest BCUT2D eigenvalue weighted by atomic mass is 10.0. The number of rotatable bonds is 12. The van der Waals surface area contributed by atoms with E-state index < -0.39 is 6.04 Å². The van der Waals surface area contributed by atoms with E-state index in [9.17, 15) is 9.59 Å². The quantitative estimate of drug-likeness (QED) is 0.279. The summed E-state index contributed by atoms with van der Waals surface area (Å²) in [5.74, 6) is 1.27. The van der Waals surface area contributed by atoms with Gasteiger partial charge < -0.3 is 19.7 Å². The van der Waals surface area contributed by atoms with Crippen LogP contribution in [0, 0.1) is 0 Å². The van der Waals surface area contributed by atoms with E-state index in [1.165, 1.54) is 0 Å². The van der Waals surface area contributed by atoms with E-state index in [0.717, 1.165) is 39.8 Å². The fourth-order valence-corrected chi connectivity index (χ4v) is 4.75. The Bertz CT molecular complexity index is 1200. The third-order valence-electron chi connectivity index (χ3n) is 6.60. The molecule has 1 heterocycles. The van der Waals surface area contributed by atoms with Gasteiger partial charge in [-0.2, -0.15) is 0 Å². The van der Waals surface area contributed by atoms with Gasteiger partial charge in [0.2, 0.25) is 11.8 Å². The maximum absolute atomic E-state index is 13.8. The highest BCUT2D eigenvalue weighted by atomic mass is 79.9. The van der Waals surface area contributed by atoms with Crippen molar-refractivity contribution in [1.29, 1.82) is 0 Å². The molecule has 0 aromatic heterocycles. The highest BCUT2D eigenvalue weighted by molar-refractivity contribution is 9.10. The minimum Gasteiger partial charge on any atom is -0.486 e. The first kappa shape index (κ1) is 27.7. The van der Waals surface area contributed by atoms with Crippen LogP contribution in [0.1, 0.15) is 42.9 Å². The lowest BCUT2D eigenvalue weighted by molar-refractivity contribution is -0.141. The Kier molecular flexibility index (Phi) is 10.2. The number of unbranched alkanes of at least 4 members (excludes halogenated alkanes) is 1. The molecule has 0 unspecified atom stereocenters. The average molecular weight is 580 g/mol. The zero-order chi connectivity index (χ0) is 26.7. The third kappa shape index (κ3) is 7.84. The lowest BCUT2D eigenvalue weighted by Crippen LogP contribution is -2.50. The molecule has 1 N–H and O–H groups in total. The number of fused-ring (bicyclic) bond motifs is 1. The van der Waals surface area contributed by atoms with Gasteiger partial charge in [-0.15, -0.1) is 0 Å². The first-order chi connectivity index (χ1) is 18.5. The minimum absolute atomic E-state index is 0.0608. The molecule has 0 radical (unpaired) electrons. The highest BCUT2D eigenvalue weighted by Gasteiger charge is 2.30. The molecule has 6 nitrogen and oxygen atoms in total. The van der Waals surface area contributed by atoms with Gasteiger partial charge in [-0.25, -0.2) is 0 Å². The number of halogens is 1. The van der Waals surface area contributed by atoms with Crippen molar-refractivity contribution in [2.45, 2.75) is 51.6 Å². The smallest absolute Gasteiger partial charge is 0.243 e. The molecule has 4 rings (SSSR count). The molecule has 0 saturated carbocycles. The van der Waals surface area contributed by atoms with E-state index in [1.807, 2.05) is 72.8 Å². The second-order valence-electron chi connectivity index (χ2n) is 9.48. The summed E-state index contributed by atoms with van der Waals surface area (Å²) in [6, 6.07) is 23.0. The maximum Gasteiger partial charge on any atom is 0.243 e. The van der Waals surface area contributed by atoms with Crippen molar-refractivity contribution >= 4 is 27.7 Å². The van der Waals surface area contributed by atoms with Crippen LogP contribution < -0.4 is 14.8 Å². The number of nitrogens with one attached hydrogen (secondary N) is 1. The fraction of sp³-hybridized carbons (Fsp3) is 0.355. The monoisotopic (exact) mass is 578 g/mol. The van der Waals surface area contributed by atoms with Crippen LogP contribution in [0.25, 0.3) is 0 Å². The zero-order valence-corrected chi connectivity index (χ0v) is 23.4. The van der Waals surface area contributed by atoms with Gasteiger partial charge in [-0.3, -0.25) is 9.59 Å². The van der Waals surface area contributed by atoms with E-state index >= 15 is 0 Å². The van der Waals surface area contributed by atoms with Crippen LogP contribution in [0.5, 0.6) is 11.5 Å². The summed E-state index contributed by atoms with van der Waals surface area (Å²) in [5.41, 5.74) is 2.99. The van der Waals surface area contributed by atoms with Crippen LogP contribution >= 0.6 is 15.9 Å². The number of carbonyl (C=O) groups is 2. The van der Waals surface area contributed by atoms with Crippen LogP contribution in [-0.2, 0) is 29.0 Å². The first-order valence-electron chi connectivity index (χ1n) is 13.3. The molecule has 0 spiro atoms. The lowest BCUT2D eigenvalue weighted by Gasteiger charge is -2.32. The number of ether oxygens (including phenoxy) is 2. The van der Waals surface area contributed by atoms with Gasteiger partial charge in [0.1, 0.15) is 19.3 Å². The first-order valence-corrected chi connectivity index (χ1v) is 14.1. The average Bonchev–Trinajstić information content (AvgIpc) is 2.95. The molecule has 3 aromatic rings. The summed E-state index contributed by atoms with van der Waals surface area (Å²) < 4.78 is 12.3. The summed E-state index contributed by atoms with van der Waals surface area (Å²) in [4.78, 5) is 29.1. The number of amides is 2. The number of hydrogen-bond acceptors (Lipinski definition) is 4. The van der Waals surface area contributed by atoms with Gasteiger partial charge in [0, 0.05) is 30.4 Å². The maximum atomic E-state index is 13.8. The van der Waals surface area contributed by atoms with Crippen molar-refractivity contribution in [1.82, 2.24) is 10.2 Å². The number of carbonyl (C=O) groups excluding carboxylic acids is 2. The number of benzene rings is 3. The van der Waals surface area contributed by atoms with Gasteiger partial charge in [0.05, 0.1) is 0 Å². The Balaban J connectivity index is 1.57. The van der Waals surface area contributed by atoms with E-state index in [1.54, 1.807) is 4.90 Å². The Morgan fingerprint density at radius 3 is 2.37 bits per heavy atom. The van der Waals surface area contributed by atoms with Crippen molar-refractivity contribution in [3.05, 3.63) is 94.0 Å². The number of aryl methyl sites for hydroxylation is 1. The molecule has 1 aliphatic heterocycles. The molecule has 38 heavy (non-hydrogen) atoms. The summed E-state index contributed by atoms with van der Waals surface area (Å²) in [7, 11) is 0. The van der Waals surface area contributed by atoms with Gasteiger partial charge >= 0.3 is 0 Å². The minimum atomic E-state index is -0.620. The molecule has 7 heteroatoms. The normalized spacial score (nSPS) is 13.0. The van der Waals surface area contributed by atoms with Crippen LogP contribution in [0.3, 0.4) is 0 Å². The molecular formula is C31H35BrN2O4. The van der Waals surface area contributed by atoms with Crippen molar-refractivity contribution in [3.63, 3.8) is 0 Å². The zero-order valence-electron chi connectivity index (χ0n) is 21.8. The molecule has 0 fully saturated rings. The highest BCUT2D eigenvalue weighted by Crippen LogP contribution is 2.31. The fourth-order valence-electron chi connectivity index (χ4n) is 4.48. The second-order valence-corrected chi connectivity index (χ2v) is 10.4. The van der Waals surface area contributed by atoms with Crippen molar-refractivity contribution in [2.75, 3.05) is 19.8 Å². The predicted octanol–water partition coefficient (Wildman–Crippen LogP) is 5.71. The molecule has 0 saturated heterocycles. The standard InChI is InChI=1S/C31H35BrN2O4/c1-2-3-17-33-31(36)27(20-23-7-5-4-6-8-23)34(22-25-9-13-26(32)14-10-25)30(35)16-12-24-11-15-28-29(21-24)38-19-18-37-28/h4-11,13-15,21,27H,2-3,12,16-20,22H2,1H3,(H,33,36)/t27-/m1/s1. The Morgan fingerprint density at radius 2 is 1.63 bits per heavy atom. The van der Waals surface area contributed by atoms with Crippen LogP contribution in [-0.4, -0.2) is 42.5 Å². The molecule has 1 atom stereocenters. The molecule has 200 valence electrons. The predicted molar refractivity (Wildman–Crippen MR) is 152 cm³/mol. The van der Waals surface area contributed by atoms with Crippen LogP contribution in [0.2, 0.25) is 0 Å². The summed E-state index contributed by atoms with van der Waals surface area (Å²) in [6.45, 7) is 4.10. The molecular weight excluding hydrogens is 544 g/mol. The van der Waals surface area contributed by atoms with Gasteiger partial charge in [-0.05, 0) is 53.8 Å². The van der Waals surface area contributed by atoms with E-state index in [2.05, 4.69) is 28.2 Å². The topological polar surface area (TPSA) is 67.9 Å². The van der Waals surface area contributed by atoms with E-state index in [-0.39, 0.29) is 18.2 Å². The van der Waals surface area contributed by atoms with Crippen LogP contribution in [0.15, 0.2) is 77.3 Å². The SMILES string of the molecule is CCCCNC(=O)[C@@H](Cc1ccccc1)N(Cc1ccc(Br)cc1)C(=O)CCc1ccc2c(c1)OCCO2. The van der Waals surface area contributed by atoms with Gasteiger partial charge in [0.15, 0.2) is 11.5 Å². The van der Waals surface area contributed by atoms with E-state index in [0.29, 0.717) is 44.9 Å². The molecule has 1 aliphatic rings. The number of nitrogens with zero attached hydrogens (tertiary/aromatic N) is 1. The number of hydrogen-bond donors (Lipinski definition) is 1. The van der Waals surface area contributed by atoms with Crippen molar-refractivity contribution < 1.29 is 19.1 Å². The Morgan fingerprint density at radius 1 is 0.921 bits per heavy atom. The van der Waals surface area contributed by atoms with E-state index in [4.69, 9.17) is 9.47 Å². The Hall–Kier alpha value is -3.32. The Labute approximate surface area is 233 Å². The van der Waals surface area contributed by atoms with Crippen molar-refractivity contribution in [2.24, 2.45) is 0 Å². The molecule has 2 amide bonds. The summed E-state index contributed by atoms with van der Waals surface area (Å²) in [6.07, 6.45) is 3.16.